The number of rotatable bonds is 6. The minimum absolute atomic E-state index is 0. The molecule has 4 nitrogen and oxygen atoms in total. The molecule has 1 aromatic heterocycles. The molecule has 0 aliphatic rings. The Morgan fingerprint density at radius 3 is 2.13 bits per heavy atom. The minimum Gasteiger partial charge on any atom is -0.363 e. The summed E-state index contributed by atoms with van der Waals surface area (Å²) in [7, 11) is 1.98. The molecule has 0 saturated heterocycles. The zero-order valence-electron chi connectivity index (χ0n) is 20.9. The summed E-state index contributed by atoms with van der Waals surface area (Å²) in [5, 5.41) is 14.7. The first kappa shape index (κ1) is 25.2. The topological polar surface area (TPSA) is 50.8 Å². The van der Waals surface area contributed by atoms with E-state index in [4.69, 9.17) is 4.74 Å². The largest absolute Gasteiger partial charge is 0.363 e. The Labute approximate surface area is 228 Å². The van der Waals surface area contributed by atoms with Gasteiger partial charge in [-0.05, 0) is 56.4 Å². The van der Waals surface area contributed by atoms with Gasteiger partial charge in [0, 0.05) is 12.6 Å². The zero-order valence-corrected chi connectivity index (χ0v) is 21.7. The standard InChI is InChI=1S/C33H25N3O.ClH/c1-36-22-35-20-31(36)33(37-21-23-9-3-2-4-10-23)26-15-16-27(19-34)30(18-26)32-28-13-7-5-11-24(28)17-25-12-6-8-14-29(25)32;/h2-18,20,22,33H,21H2,1H3;1H. The first-order chi connectivity index (χ1) is 18.2. The van der Waals surface area contributed by atoms with E-state index in [1.54, 1.807) is 6.33 Å². The molecule has 0 aliphatic heterocycles. The number of benzene rings is 5. The van der Waals surface area contributed by atoms with Gasteiger partial charge in [0.05, 0.1) is 36.5 Å². The average Bonchev–Trinajstić information content (AvgIpc) is 3.37. The van der Waals surface area contributed by atoms with Gasteiger partial charge in [-0.1, -0.05) is 84.9 Å². The van der Waals surface area contributed by atoms with Gasteiger partial charge in [-0.15, -0.1) is 12.4 Å². The third-order valence-electron chi connectivity index (χ3n) is 6.89. The van der Waals surface area contributed by atoms with Crippen molar-refractivity contribution in [1.29, 1.82) is 5.26 Å². The predicted octanol–water partition coefficient (Wildman–Crippen LogP) is 7.99. The first-order valence-electron chi connectivity index (χ1n) is 12.3. The lowest BCUT2D eigenvalue weighted by Crippen LogP contribution is -2.11. The Balaban J connectivity index is 0.00000294. The summed E-state index contributed by atoms with van der Waals surface area (Å²) in [4.78, 5) is 4.35. The molecule has 0 amide bonds. The molecule has 5 aromatic carbocycles. The van der Waals surface area contributed by atoms with Crippen molar-refractivity contribution < 1.29 is 4.74 Å². The lowest BCUT2D eigenvalue weighted by Gasteiger charge is -2.21. The highest BCUT2D eigenvalue weighted by Crippen LogP contribution is 2.40. The normalized spacial score (nSPS) is 11.7. The zero-order chi connectivity index (χ0) is 25.2. The number of hydrogen-bond donors (Lipinski definition) is 0. The fraction of sp³-hybridized carbons (Fsp3) is 0.0909. The van der Waals surface area contributed by atoms with Gasteiger partial charge < -0.3 is 9.30 Å². The Hall–Kier alpha value is -4.43. The minimum atomic E-state index is -0.347. The van der Waals surface area contributed by atoms with Crippen LogP contribution in [0.2, 0.25) is 0 Å². The van der Waals surface area contributed by atoms with Crippen LogP contribution in [0.3, 0.4) is 0 Å². The summed E-state index contributed by atoms with van der Waals surface area (Å²) in [6, 6.07) is 37.6. The van der Waals surface area contributed by atoms with Crippen molar-refractivity contribution in [1.82, 2.24) is 9.55 Å². The van der Waals surface area contributed by atoms with E-state index in [2.05, 4.69) is 83.8 Å². The van der Waals surface area contributed by atoms with Crippen LogP contribution in [0.1, 0.15) is 28.5 Å². The van der Waals surface area contributed by atoms with Gasteiger partial charge in [-0.3, -0.25) is 0 Å². The highest BCUT2D eigenvalue weighted by molar-refractivity contribution is 6.13. The second kappa shape index (κ2) is 10.9. The molecular weight excluding hydrogens is 490 g/mol. The molecule has 6 rings (SSSR count). The molecule has 5 heteroatoms. The monoisotopic (exact) mass is 515 g/mol. The van der Waals surface area contributed by atoms with Crippen molar-refractivity contribution in [2.45, 2.75) is 12.7 Å². The maximum absolute atomic E-state index is 10.1. The molecule has 0 spiro atoms. The maximum Gasteiger partial charge on any atom is 0.124 e. The molecule has 1 atom stereocenters. The molecule has 38 heavy (non-hydrogen) atoms. The van der Waals surface area contributed by atoms with E-state index in [1.807, 2.05) is 48.1 Å². The van der Waals surface area contributed by atoms with Gasteiger partial charge in [0.25, 0.3) is 0 Å². The van der Waals surface area contributed by atoms with Crippen LogP contribution in [0.25, 0.3) is 32.7 Å². The molecule has 1 unspecified atom stereocenters. The van der Waals surface area contributed by atoms with E-state index < -0.39 is 0 Å². The van der Waals surface area contributed by atoms with Crippen LogP contribution >= 0.6 is 12.4 Å². The molecule has 1 heterocycles. The average molecular weight is 516 g/mol. The van der Waals surface area contributed by atoms with Gasteiger partial charge in [0.2, 0.25) is 0 Å². The van der Waals surface area contributed by atoms with Gasteiger partial charge in [-0.25, -0.2) is 4.98 Å². The van der Waals surface area contributed by atoms with Gasteiger partial charge >= 0.3 is 0 Å². The number of nitriles is 1. The molecule has 0 radical (unpaired) electrons. The Morgan fingerprint density at radius 1 is 0.842 bits per heavy atom. The summed E-state index contributed by atoms with van der Waals surface area (Å²) >= 11 is 0. The van der Waals surface area contributed by atoms with E-state index in [1.165, 1.54) is 0 Å². The second-order valence-corrected chi connectivity index (χ2v) is 9.22. The molecular formula is C33H26ClN3O. The van der Waals surface area contributed by atoms with Crippen LogP contribution in [-0.4, -0.2) is 9.55 Å². The van der Waals surface area contributed by atoms with E-state index in [0.717, 1.165) is 49.5 Å². The lowest BCUT2D eigenvalue weighted by atomic mass is 9.88. The number of hydrogen-bond acceptors (Lipinski definition) is 3. The predicted molar refractivity (Wildman–Crippen MR) is 155 cm³/mol. The van der Waals surface area contributed by atoms with Gasteiger partial charge in [0.1, 0.15) is 6.10 Å². The van der Waals surface area contributed by atoms with E-state index in [9.17, 15) is 5.26 Å². The van der Waals surface area contributed by atoms with Crippen LogP contribution in [-0.2, 0) is 18.4 Å². The van der Waals surface area contributed by atoms with Crippen molar-refractivity contribution in [3.8, 4) is 17.2 Å². The number of halogens is 1. The number of fused-ring (bicyclic) bond motifs is 2. The number of nitrogens with zero attached hydrogens (tertiary/aromatic N) is 3. The quantitative estimate of drug-likeness (QED) is 0.211. The van der Waals surface area contributed by atoms with Gasteiger partial charge in [0.15, 0.2) is 0 Å². The molecule has 0 fully saturated rings. The van der Waals surface area contributed by atoms with Crippen molar-refractivity contribution in [2.75, 3.05) is 0 Å². The third kappa shape index (κ3) is 4.66. The van der Waals surface area contributed by atoms with Gasteiger partial charge in [-0.2, -0.15) is 5.26 Å². The second-order valence-electron chi connectivity index (χ2n) is 9.22. The summed E-state index contributed by atoms with van der Waals surface area (Å²) in [5.41, 5.74) is 5.64. The molecule has 186 valence electrons. The van der Waals surface area contributed by atoms with Crippen LogP contribution in [0.4, 0.5) is 0 Å². The maximum atomic E-state index is 10.1. The summed E-state index contributed by atoms with van der Waals surface area (Å²) < 4.78 is 8.52. The highest BCUT2D eigenvalue weighted by Gasteiger charge is 2.22. The Kier molecular flexibility index (Phi) is 7.24. The summed E-state index contributed by atoms with van der Waals surface area (Å²) in [5.74, 6) is 0. The Morgan fingerprint density at radius 2 is 1.50 bits per heavy atom. The van der Waals surface area contributed by atoms with Crippen LogP contribution < -0.4 is 0 Å². The van der Waals surface area contributed by atoms with Crippen LogP contribution in [0.15, 0.2) is 116 Å². The summed E-state index contributed by atoms with van der Waals surface area (Å²) in [6.07, 6.45) is 3.29. The first-order valence-corrected chi connectivity index (χ1v) is 12.3. The Bertz CT molecular complexity index is 1710. The smallest absolute Gasteiger partial charge is 0.124 e. The number of aryl methyl sites for hydroxylation is 1. The third-order valence-corrected chi connectivity index (χ3v) is 6.89. The highest BCUT2D eigenvalue weighted by atomic mass is 35.5. The van der Waals surface area contributed by atoms with Crippen molar-refractivity contribution >= 4 is 34.0 Å². The molecule has 0 aliphatic carbocycles. The molecule has 0 N–H and O–H groups in total. The fourth-order valence-electron chi connectivity index (χ4n) is 5.06. The van der Waals surface area contributed by atoms with Crippen LogP contribution in [0, 0.1) is 11.3 Å². The number of ether oxygens (including phenoxy) is 1. The fourth-order valence-corrected chi connectivity index (χ4v) is 5.06. The number of aromatic nitrogens is 2. The van der Waals surface area contributed by atoms with Crippen LogP contribution in [0.5, 0.6) is 0 Å². The summed E-state index contributed by atoms with van der Waals surface area (Å²) in [6.45, 7) is 0.462. The van der Waals surface area contributed by atoms with Crippen molar-refractivity contribution in [3.63, 3.8) is 0 Å². The molecule has 6 aromatic rings. The lowest BCUT2D eigenvalue weighted by molar-refractivity contribution is 0.0622. The van der Waals surface area contributed by atoms with E-state index >= 15 is 0 Å². The van der Waals surface area contributed by atoms with E-state index in [-0.39, 0.29) is 18.5 Å². The van der Waals surface area contributed by atoms with E-state index in [0.29, 0.717) is 12.2 Å². The molecule has 0 bridgehead atoms. The number of imidazole rings is 1. The van der Waals surface area contributed by atoms with Crippen molar-refractivity contribution in [2.24, 2.45) is 7.05 Å². The SMILES string of the molecule is Cl.Cn1cncc1C(OCc1ccccc1)c1ccc(C#N)c(-c2c3ccccc3cc3ccccc23)c1. The van der Waals surface area contributed by atoms with Crippen molar-refractivity contribution in [3.05, 3.63) is 138 Å². The molecule has 0 saturated carbocycles.